The molecule has 8 N–H and O–H groups in total. The molecule has 0 heterocycles. The van der Waals surface area contributed by atoms with Crippen molar-refractivity contribution in [3.63, 3.8) is 0 Å². The molecule has 3 aliphatic rings. The zero-order valence-corrected chi connectivity index (χ0v) is 25.0. The third-order valence-corrected chi connectivity index (χ3v) is 8.43. The van der Waals surface area contributed by atoms with Crippen molar-refractivity contribution in [2.24, 2.45) is 17.6 Å². The summed E-state index contributed by atoms with van der Waals surface area (Å²) in [5, 5.41) is 51.2. The van der Waals surface area contributed by atoms with E-state index in [1.54, 1.807) is 20.2 Å². The Morgan fingerprint density at radius 3 is 2.31 bits per heavy atom. The molecule has 0 radical (unpaired) electrons. The van der Waals surface area contributed by atoms with Crippen LogP contribution in [0.5, 0.6) is 5.75 Å². The number of amides is 2. The number of rotatable bonds is 6. The number of benzene rings is 1. The topological polar surface area (TPSA) is 203 Å². The van der Waals surface area contributed by atoms with Crippen LogP contribution in [0.15, 0.2) is 28.7 Å². The summed E-state index contributed by atoms with van der Waals surface area (Å²) in [6.45, 7) is 9.45. The number of aromatic hydroxyl groups is 1. The molecule has 12 heteroatoms. The summed E-state index contributed by atoms with van der Waals surface area (Å²) in [7, 11) is 3.16. The second-order valence-electron chi connectivity index (χ2n) is 13.0. The molecule has 3 aliphatic carbocycles. The van der Waals surface area contributed by atoms with E-state index < -0.39 is 69.7 Å². The van der Waals surface area contributed by atoms with Gasteiger partial charge in [-0.3, -0.25) is 24.1 Å². The van der Waals surface area contributed by atoms with Crippen molar-refractivity contribution in [3.8, 4) is 5.75 Å². The minimum absolute atomic E-state index is 0.00101. The molecule has 0 saturated heterocycles. The van der Waals surface area contributed by atoms with Gasteiger partial charge < -0.3 is 36.8 Å². The van der Waals surface area contributed by atoms with Crippen LogP contribution in [0.4, 0.5) is 5.69 Å². The Morgan fingerprint density at radius 1 is 1.17 bits per heavy atom. The molecule has 12 nitrogen and oxygen atoms in total. The maximum Gasteiger partial charge on any atom is 0.255 e. The number of nitrogens with zero attached hydrogens (tertiary/aromatic N) is 1. The largest absolute Gasteiger partial charge is 0.510 e. The highest BCUT2D eigenvalue weighted by Gasteiger charge is 2.63. The number of nitrogens with one attached hydrogen (secondary N) is 2. The number of carbonyl (C=O) groups excluding carboxylic acids is 4. The molecule has 228 valence electrons. The molecule has 0 unspecified atom stereocenters. The molecule has 4 rings (SSSR count). The van der Waals surface area contributed by atoms with Gasteiger partial charge in [0, 0.05) is 17.0 Å². The van der Waals surface area contributed by atoms with Gasteiger partial charge in [-0.15, -0.1) is 0 Å². The highest BCUT2D eigenvalue weighted by molar-refractivity contribution is 6.25. The lowest BCUT2D eigenvalue weighted by molar-refractivity contribution is -0.148. The van der Waals surface area contributed by atoms with Crippen LogP contribution in [0, 0.1) is 11.8 Å². The minimum atomic E-state index is -2.72. The van der Waals surface area contributed by atoms with E-state index in [1.165, 1.54) is 4.90 Å². The monoisotopic (exact) mass is 584 g/mol. The van der Waals surface area contributed by atoms with Gasteiger partial charge in [-0.05, 0) is 76.7 Å². The van der Waals surface area contributed by atoms with Gasteiger partial charge in [-0.1, -0.05) is 13.8 Å². The number of ketones is 2. The summed E-state index contributed by atoms with van der Waals surface area (Å²) in [5.41, 5.74) is 2.33. The quantitative estimate of drug-likeness (QED) is 0.190. The SMILES string of the molecule is CC(C)c1cc(NC(=O)CNC(C)(C)C)c(O)c2c1C[C@H]1C[C@H]3[C@H](N(C)C)C(O)=C(C(N)=O)C(=O)[C@@]3(O)C(O)=C1C2=O. The smallest absolute Gasteiger partial charge is 0.255 e. The van der Waals surface area contributed by atoms with Crippen LogP contribution in [0.25, 0.3) is 0 Å². The third-order valence-electron chi connectivity index (χ3n) is 8.43. The van der Waals surface area contributed by atoms with E-state index in [1.807, 2.05) is 34.6 Å². The Morgan fingerprint density at radius 2 is 1.79 bits per heavy atom. The standard InChI is InChI=1S/C30H40N4O8/c1-12(2)14-10-17(33-18(35)11-32-29(3,4)5)23(36)20-15(14)8-13-9-16-22(34(6)7)25(38)21(28(31)41)27(40)30(16,42)26(39)19(13)24(20)37/h10,12-13,16,22,32,36,38-39,42H,8-9,11H2,1-7H3,(H2,31,41)(H,33,35)/t13-,16-,22-,30-/m0/s1. The predicted molar refractivity (Wildman–Crippen MR) is 154 cm³/mol. The van der Waals surface area contributed by atoms with E-state index in [0.717, 1.165) is 0 Å². The van der Waals surface area contributed by atoms with Crippen molar-refractivity contribution in [2.45, 2.75) is 70.6 Å². The molecule has 2 amide bonds. The van der Waals surface area contributed by atoms with Gasteiger partial charge in [0.05, 0.1) is 23.8 Å². The number of fused-ring (bicyclic) bond motifs is 3. The van der Waals surface area contributed by atoms with Crippen LogP contribution in [-0.4, -0.2) is 86.5 Å². The Balaban J connectivity index is 1.87. The Hall–Kier alpha value is -3.74. The lowest BCUT2D eigenvalue weighted by atomic mass is 9.58. The minimum Gasteiger partial charge on any atom is -0.510 e. The normalized spacial score (nSPS) is 25.9. The molecule has 0 spiro atoms. The highest BCUT2D eigenvalue weighted by Crippen LogP contribution is 2.53. The maximum atomic E-state index is 14.1. The first-order valence-electron chi connectivity index (χ1n) is 13.9. The fourth-order valence-electron chi connectivity index (χ4n) is 6.50. The number of aliphatic hydroxyl groups excluding tert-OH is 2. The lowest BCUT2D eigenvalue weighted by Gasteiger charge is -2.50. The Bertz CT molecular complexity index is 1450. The second kappa shape index (κ2) is 10.5. The van der Waals surface area contributed by atoms with Gasteiger partial charge in [-0.25, -0.2) is 0 Å². The fraction of sp³-hybridized carbons (Fsp3) is 0.533. The first-order chi connectivity index (χ1) is 19.3. The van der Waals surface area contributed by atoms with Crippen molar-refractivity contribution < 1.29 is 39.6 Å². The van der Waals surface area contributed by atoms with Gasteiger partial charge in [-0.2, -0.15) is 0 Å². The molecule has 0 aliphatic heterocycles. The number of primary amides is 1. The van der Waals surface area contributed by atoms with Crippen LogP contribution in [0.3, 0.4) is 0 Å². The summed E-state index contributed by atoms with van der Waals surface area (Å²) in [6.07, 6.45) is 0.177. The zero-order chi connectivity index (χ0) is 31.6. The summed E-state index contributed by atoms with van der Waals surface area (Å²) >= 11 is 0. The molecule has 1 aromatic rings. The second-order valence-corrected chi connectivity index (χ2v) is 13.0. The van der Waals surface area contributed by atoms with E-state index in [4.69, 9.17) is 5.73 Å². The van der Waals surface area contributed by atoms with Crippen molar-refractivity contribution in [3.05, 3.63) is 45.4 Å². The molecule has 0 fully saturated rings. The number of carbonyl (C=O) groups is 4. The number of phenols is 1. The average Bonchev–Trinajstić information content (AvgIpc) is 2.85. The number of nitrogens with two attached hydrogens (primary N) is 1. The summed E-state index contributed by atoms with van der Waals surface area (Å²) < 4.78 is 0. The van der Waals surface area contributed by atoms with E-state index in [9.17, 15) is 39.6 Å². The van der Waals surface area contributed by atoms with Crippen LogP contribution in [-0.2, 0) is 20.8 Å². The van der Waals surface area contributed by atoms with Crippen LogP contribution >= 0.6 is 0 Å². The van der Waals surface area contributed by atoms with E-state index in [0.29, 0.717) is 11.1 Å². The van der Waals surface area contributed by atoms with E-state index in [2.05, 4.69) is 10.6 Å². The van der Waals surface area contributed by atoms with Crippen LogP contribution in [0.2, 0.25) is 0 Å². The predicted octanol–water partition coefficient (Wildman–Crippen LogP) is 1.57. The number of allylic oxidation sites excluding steroid dienone is 1. The number of aliphatic hydroxyl groups is 3. The summed E-state index contributed by atoms with van der Waals surface area (Å²) in [6, 6.07) is 0.572. The summed E-state index contributed by atoms with van der Waals surface area (Å²) in [4.78, 5) is 53.9. The van der Waals surface area contributed by atoms with Crippen LogP contribution < -0.4 is 16.4 Å². The molecule has 0 saturated carbocycles. The first-order valence-corrected chi connectivity index (χ1v) is 13.9. The summed E-state index contributed by atoms with van der Waals surface area (Å²) in [5.74, 6) is -7.76. The fourth-order valence-corrected chi connectivity index (χ4v) is 6.50. The van der Waals surface area contributed by atoms with Gasteiger partial charge in [0.1, 0.15) is 17.1 Å². The van der Waals surface area contributed by atoms with Gasteiger partial charge >= 0.3 is 0 Å². The number of hydrogen-bond acceptors (Lipinski definition) is 10. The molecule has 0 bridgehead atoms. The van der Waals surface area contributed by atoms with Gasteiger partial charge in [0.15, 0.2) is 17.1 Å². The average molecular weight is 585 g/mol. The first kappa shape index (κ1) is 31.2. The molecular weight excluding hydrogens is 544 g/mol. The van der Waals surface area contributed by atoms with Crippen LogP contribution in [0.1, 0.15) is 68.4 Å². The lowest BCUT2D eigenvalue weighted by Crippen LogP contribution is -2.63. The Labute approximate surface area is 244 Å². The van der Waals surface area contributed by atoms with Crippen molar-refractivity contribution in [1.29, 1.82) is 0 Å². The number of Topliss-reactive ketones (excluding diaryl/α,β-unsaturated/α-hetero) is 2. The van der Waals surface area contributed by atoms with Crippen molar-refractivity contribution >= 4 is 29.1 Å². The molecule has 0 aromatic heterocycles. The molecular formula is C30H40N4O8. The zero-order valence-electron chi connectivity index (χ0n) is 25.0. The number of hydrogen-bond donors (Lipinski definition) is 7. The number of anilines is 1. The third kappa shape index (κ3) is 4.87. The molecule has 4 atom stereocenters. The van der Waals surface area contributed by atoms with E-state index in [-0.39, 0.29) is 47.7 Å². The van der Waals surface area contributed by atoms with Gasteiger partial charge in [0.2, 0.25) is 11.7 Å². The Kier molecular flexibility index (Phi) is 7.81. The van der Waals surface area contributed by atoms with E-state index >= 15 is 0 Å². The number of likely N-dealkylation sites (N-methyl/N-ethyl adjacent to an activating group) is 1. The molecule has 1 aromatic carbocycles. The number of phenolic OH excluding ortho intramolecular Hbond substituents is 1. The van der Waals surface area contributed by atoms with Crippen molar-refractivity contribution in [2.75, 3.05) is 26.0 Å². The highest BCUT2D eigenvalue weighted by atomic mass is 16.3. The van der Waals surface area contributed by atoms with Crippen molar-refractivity contribution in [1.82, 2.24) is 10.2 Å². The van der Waals surface area contributed by atoms with Gasteiger partial charge in [0.25, 0.3) is 5.91 Å². The molecule has 42 heavy (non-hydrogen) atoms. The maximum absolute atomic E-state index is 14.1.